The van der Waals surface area contributed by atoms with Gasteiger partial charge in [0, 0.05) is 7.11 Å². The number of Topliss-reactive ketones (excluding diaryl/α,β-unsaturated/α-hetero) is 1. The normalized spacial score (nSPS) is 10.0. The van der Waals surface area contributed by atoms with E-state index in [4.69, 9.17) is 4.74 Å². The van der Waals surface area contributed by atoms with Gasteiger partial charge >= 0.3 is 5.69 Å². The molecule has 1 rings (SSSR count). The van der Waals surface area contributed by atoms with Crippen molar-refractivity contribution in [1.82, 2.24) is 0 Å². The third kappa shape index (κ3) is 3.80. The van der Waals surface area contributed by atoms with Gasteiger partial charge in [-0.25, -0.2) is 4.39 Å². The topological polar surface area (TPSA) is 78.7 Å². The molecule has 0 radical (unpaired) electrons. The molecule has 1 aromatic rings. The first kappa shape index (κ1) is 13.0. The third-order valence-electron chi connectivity index (χ3n) is 1.81. The first-order valence-electron chi connectivity index (χ1n) is 4.62. The molecule has 1 aromatic carbocycles. The molecule has 0 heterocycles. The van der Waals surface area contributed by atoms with Crippen LogP contribution in [-0.4, -0.2) is 31.0 Å². The molecule has 0 spiro atoms. The molecule has 0 aliphatic rings. The fraction of sp³-hybridized carbons (Fsp3) is 0.300. The smallest absolute Gasteiger partial charge is 0.313 e. The summed E-state index contributed by atoms with van der Waals surface area (Å²) in [5.41, 5.74) is -0.518. The Labute approximate surface area is 96.1 Å². The Morgan fingerprint density at radius 1 is 1.47 bits per heavy atom. The van der Waals surface area contributed by atoms with Crippen molar-refractivity contribution >= 4 is 11.5 Å². The van der Waals surface area contributed by atoms with E-state index in [1.165, 1.54) is 7.11 Å². The van der Waals surface area contributed by atoms with Gasteiger partial charge in [-0.3, -0.25) is 14.9 Å². The largest absolute Gasteiger partial charge is 0.479 e. The van der Waals surface area contributed by atoms with Crippen molar-refractivity contribution in [3.63, 3.8) is 0 Å². The van der Waals surface area contributed by atoms with Crippen molar-refractivity contribution in [1.29, 1.82) is 0 Å². The second-order valence-corrected chi connectivity index (χ2v) is 3.13. The molecule has 0 N–H and O–H groups in total. The van der Waals surface area contributed by atoms with Crippen LogP contribution in [0.4, 0.5) is 10.1 Å². The highest BCUT2D eigenvalue weighted by Gasteiger charge is 2.17. The number of nitro groups is 1. The zero-order valence-electron chi connectivity index (χ0n) is 9.01. The number of nitrogens with zero attached hydrogens (tertiary/aromatic N) is 1. The van der Waals surface area contributed by atoms with Crippen molar-refractivity contribution in [2.75, 3.05) is 20.3 Å². The molecule has 0 bridgehead atoms. The Balaban J connectivity index is 2.77. The number of benzene rings is 1. The van der Waals surface area contributed by atoms with Gasteiger partial charge in [0.25, 0.3) is 0 Å². The minimum absolute atomic E-state index is 0.144. The van der Waals surface area contributed by atoms with Crippen LogP contribution in [0.5, 0.6) is 5.75 Å². The fourth-order valence-corrected chi connectivity index (χ4v) is 1.12. The molecule has 6 nitrogen and oxygen atoms in total. The number of hydrogen-bond acceptors (Lipinski definition) is 5. The van der Waals surface area contributed by atoms with Gasteiger partial charge in [-0.15, -0.1) is 0 Å². The summed E-state index contributed by atoms with van der Waals surface area (Å²) >= 11 is 0. The summed E-state index contributed by atoms with van der Waals surface area (Å²) in [5.74, 6) is -1.26. The molecule has 0 fully saturated rings. The lowest BCUT2D eigenvalue weighted by molar-refractivity contribution is -0.386. The van der Waals surface area contributed by atoms with Gasteiger partial charge in [-0.05, 0) is 12.1 Å². The molecule has 7 heteroatoms. The molecular formula is C10H10FNO5. The SMILES string of the molecule is COCC(=O)COc1ccc(F)cc1[N+](=O)[O-]. The number of carbonyl (C=O) groups is 1. The Morgan fingerprint density at radius 2 is 2.18 bits per heavy atom. The van der Waals surface area contributed by atoms with Gasteiger partial charge in [0.2, 0.25) is 0 Å². The second kappa shape index (κ2) is 5.90. The van der Waals surface area contributed by atoms with Gasteiger partial charge in [-0.1, -0.05) is 0 Å². The van der Waals surface area contributed by atoms with E-state index in [1.807, 2.05) is 0 Å². The summed E-state index contributed by atoms with van der Waals surface area (Å²) in [7, 11) is 1.35. The number of ether oxygens (including phenoxy) is 2. The standard InChI is InChI=1S/C10H10FNO5/c1-16-5-8(13)6-17-10-3-2-7(11)4-9(10)12(14)15/h2-4H,5-6H2,1H3. The zero-order valence-corrected chi connectivity index (χ0v) is 9.01. The third-order valence-corrected chi connectivity index (χ3v) is 1.81. The fourth-order valence-electron chi connectivity index (χ4n) is 1.12. The van der Waals surface area contributed by atoms with E-state index in [9.17, 15) is 19.3 Å². The van der Waals surface area contributed by atoms with E-state index in [-0.39, 0.29) is 24.7 Å². The molecule has 0 aromatic heterocycles. The summed E-state index contributed by atoms with van der Waals surface area (Å²) in [5, 5.41) is 10.6. The van der Waals surface area contributed by atoms with Crippen LogP contribution in [0.3, 0.4) is 0 Å². The number of nitro benzene ring substituents is 1. The van der Waals surface area contributed by atoms with Crippen molar-refractivity contribution in [2.24, 2.45) is 0 Å². The lowest BCUT2D eigenvalue weighted by Gasteiger charge is -2.05. The molecule has 0 amide bonds. The highest BCUT2D eigenvalue weighted by atomic mass is 19.1. The van der Waals surface area contributed by atoms with E-state index in [0.717, 1.165) is 18.2 Å². The predicted octanol–water partition coefficient (Wildman–Crippen LogP) is 1.33. The summed E-state index contributed by atoms with van der Waals surface area (Å²) in [6, 6.07) is 2.85. The summed E-state index contributed by atoms with van der Waals surface area (Å²) < 4.78 is 22.3. The second-order valence-electron chi connectivity index (χ2n) is 3.13. The van der Waals surface area contributed by atoms with Gasteiger partial charge in [0.15, 0.2) is 11.5 Å². The summed E-state index contributed by atoms with van der Waals surface area (Å²) in [4.78, 5) is 20.9. The molecular weight excluding hydrogens is 233 g/mol. The lowest BCUT2D eigenvalue weighted by Crippen LogP contribution is -2.16. The van der Waals surface area contributed by atoms with Crippen LogP contribution in [0.1, 0.15) is 0 Å². The quantitative estimate of drug-likeness (QED) is 0.556. The monoisotopic (exact) mass is 243 g/mol. The summed E-state index contributed by atoms with van der Waals surface area (Å²) in [6.45, 7) is -0.505. The van der Waals surface area contributed by atoms with E-state index in [2.05, 4.69) is 4.74 Å². The number of halogens is 1. The first-order chi connectivity index (χ1) is 8.04. The van der Waals surface area contributed by atoms with Crippen LogP contribution >= 0.6 is 0 Å². The Kier molecular flexibility index (Phi) is 4.53. The minimum atomic E-state index is -0.779. The van der Waals surface area contributed by atoms with Crippen LogP contribution in [-0.2, 0) is 9.53 Å². The van der Waals surface area contributed by atoms with Crippen molar-refractivity contribution < 1.29 is 23.6 Å². The van der Waals surface area contributed by atoms with Crippen LogP contribution in [0.2, 0.25) is 0 Å². The molecule has 0 aliphatic heterocycles. The Hall–Kier alpha value is -2.02. The van der Waals surface area contributed by atoms with Crippen molar-refractivity contribution in [3.05, 3.63) is 34.1 Å². The van der Waals surface area contributed by atoms with E-state index >= 15 is 0 Å². The van der Waals surface area contributed by atoms with Gasteiger partial charge < -0.3 is 9.47 Å². The zero-order chi connectivity index (χ0) is 12.8. The minimum Gasteiger partial charge on any atom is -0.479 e. The van der Waals surface area contributed by atoms with Crippen LogP contribution in [0.25, 0.3) is 0 Å². The predicted molar refractivity (Wildman–Crippen MR) is 55.4 cm³/mol. The maximum atomic E-state index is 12.8. The molecule has 0 saturated heterocycles. The molecule has 0 aliphatic carbocycles. The van der Waals surface area contributed by atoms with Gasteiger partial charge in [0.1, 0.15) is 19.0 Å². The van der Waals surface area contributed by atoms with Crippen LogP contribution in [0.15, 0.2) is 18.2 Å². The number of rotatable bonds is 6. The number of methoxy groups -OCH3 is 1. The molecule has 0 saturated carbocycles. The van der Waals surface area contributed by atoms with Crippen molar-refractivity contribution in [3.8, 4) is 5.75 Å². The molecule has 0 atom stereocenters. The van der Waals surface area contributed by atoms with E-state index in [1.54, 1.807) is 0 Å². The van der Waals surface area contributed by atoms with Crippen LogP contribution < -0.4 is 4.74 Å². The lowest BCUT2D eigenvalue weighted by atomic mass is 10.3. The molecule has 92 valence electrons. The summed E-state index contributed by atoms with van der Waals surface area (Å²) in [6.07, 6.45) is 0. The average molecular weight is 243 g/mol. The number of hydrogen-bond donors (Lipinski definition) is 0. The van der Waals surface area contributed by atoms with Gasteiger partial charge in [0.05, 0.1) is 11.0 Å². The number of ketones is 1. The van der Waals surface area contributed by atoms with Crippen molar-refractivity contribution in [2.45, 2.75) is 0 Å². The van der Waals surface area contributed by atoms with Crippen LogP contribution in [0, 0.1) is 15.9 Å². The van der Waals surface area contributed by atoms with Gasteiger partial charge in [-0.2, -0.15) is 0 Å². The first-order valence-corrected chi connectivity index (χ1v) is 4.62. The maximum Gasteiger partial charge on any atom is 0.313 e. The highest BCUT2D eigenvalue weighted by molar-refractivity contribution is 5.81. The molecule has 17 heavy (non-hydrogen) atoms. The Bertz CT molecular complexity index is 435. The number of carbonyl (C=O) groups excluding carboxylic acids is 1. The Morgan fingerprint density at radius 3 is 2.76 bits per heavy atom. The molecule has 0 unspecified atom stereocenters. The van der Waals surface area contributed by atoms with E-state index < -0.39 is 16.4 Å². The van der Waals surface area contributed by atoms with E-state index in [0.29, 0.717) is 0 Å². The maximum absolute atomic E-state index is 12.8. The average Bonchev–Trinajstić information content (AvgIpc) is 2.27. The highest BCUT2D eigenvalue weighted by Crippen LogP contribution is 2.27.